The second-order valence-corrected chi connectivity index (χ2v) is 4.68. The van der Waals surface area contributed by atoms with Gasteiger partial charge in [0.15, 0.2) is 5.58 Å². The molecule has 1 aliphatic carbocycles. The Morgan fingerprint density at radius 2 is 2.31 bits per heavy atom. The molecule has 1 aliphatic rings. The Morgan fingerprint density at radius 3 is 3.06 bits per heavy atom. The van der Waals surface area contributed by atoms with E-state index >= 15 is 0 Å². The van der Waals surface area contributed by atoms with E-state index in [1.54, 1.807) is 0 Å². The monoisotopic (exact) mass is 236 g/mol. The van der Waals surface area contributed by atoms with Crippen LogP contribution in [0.3, 0.4) is 0 Å². The van der Waals surface area contributed by atoms with Crippen molar-refractivity contribution >= 4 is 22.7 Å². The summed E-state index contributed by atoms with van der Waals surface area (Å²) >= 11 is 6.01. The second kappa shape index (κ2) is 4.07. The number of rotatable bonds is 4. The number of hydrogen-bond acceptors (Lipinski definition) is 3. The molecule has 1 fully saturated rings. The summed E-state index contributed by atoms with van der Waals surface area (Å²) in [4.78, 5) is 4.38. The number of oxazole rings is 1. The molecule has 3 nitrogen and oxygen atoms in total. The van der Waals surface area contributed by atoms with Gasteiger partial charge in [0.05, 0.1) is 11.6 Å². The zero-order chi connectivity index (χ0) is 11.0. The maximum absolute atomic E-state index is 6.01. The van der Waals surface area contributed by atoms with Gasteiger partial charge in [-0.1, -0.05) is 17.7 Å². The maximum Gasteiger partial charge on any atom is 0.209 e. The Balaban J connectivity index is 1.73. The lowest BCUT2D eigenvalue weighted by Crippen LogP contribution is -2.16. The van der Waals surface area contributed by atoms with Gasteiger partial charge in [0.1, 0.15) is 5.52 Å². The first kappa shape index (κ1) is 10.1. The fourth-order valence-electron chi connectivity index (χ4n) is 1.74. The first-order valence-corrected chi connectivity index (χ1v) is 5.95. The second-order valence-electron chi connectivity index (χ2n) is 4.27. The van der Waals surface area contributed by atoms with Gasteiger partial charge in [-0.25, -0.2) is 4.98 Å². The van der Waals surface area contributed by atoms with Crippen molar-refractivity contribution in [1.82, 2.24) is 10.3 Å². The first-order valence-electron chi connectivity index (χ1n) is 5.57. The average molecular weight is 237 g/mol. The molecule has 0 amide bonds. The summed E-state index contributed by atoms with van der Waals surface area (Å²) in [7, 11) is 0. The van der Waals surface area contributed by atoms with E-state index < -0.39 is 0 Å². The molecule has 1 aromatic heterocycles. The van der Waals surface area contributed by atoms with E-state index in [1.807, 2.05) is 18.2 Å². The van der Waals surface area contributed by atoms with Gasteiger partial charge in [-0.3, -0.25) is 0 Å². The van der Waals surface area contributed by atoms with Gasteiger partial charge in [-0.05, 0) is 37.4 Å². The molecule has 0 spiro atoms. The van der Waals surface area contributed by atoms with Crippen molar-refractivity contribution in [2.75, 3.05) is 6.54 Å². The number of nitrogens with zero attached hydrogens (tertiary/aromatic N) is 1. The molecule has 16 heavy (non-hydrogen) atoms. The molecule has 0 radical (unpaired) electrons. The van der Waals surface area contributed by atoms with E-state index in [1.165, 1.54) is 12.8 Å². The van der Waals surface area contributed by atoms with Crippen molar-refractivity contribution in [3.8, 4) is 0 Å². The Labute approximate surface area is 98.8 Å². The number of fused-ring (bicyclic) bond motifs is 1. The minimum Gasteiger partial charge on any atom is -0.438 e. The highest BCUT2D eigenvalue weighted by molar-refractivity contribution is 6.34. The van der Waals surface area contributed by atoms with Crippen LogP contribution in [0.15, 0.2) is 22.6 Å². The van der Waals surface area contributed by atoms with Crippen molar-refractivity contribution in [1.29, 1.82) is 0 Å². The molecule has 0 aliphatic heterocycles. The van der Waals surface area contributed by atoms with Crippen LogP contribution in [0.25, 0.3) is 11.1 Å². The average Bonchev–Trinajstić information content (AvgIpc) is 2.98. The number of aromatic nitrogens is 1. The molecule has 4 heteroatoms. The molecule has 1 heterocycles. The van der Waals surface area contributed by atoms with Crippen LogP contribution in [-0.2, 0) is 6.54 Å². The summed E-state index contributed by atoms with van der Waals surface area (Å²) < 4.78 is 5.60. The zero-order valence-electron chi connectivity index (χ0n) is 8.87. The van der Waals surface area contributed by atoms with Crippen LogP contribution in [-0.4, -0.2) is 11.5 Å². The lowest BCUT2D eigenvalue weighted by Gasteiger charge is -1.97. The first-order chi connectivity index (χ1) is 7.83. The highest BCUT2D eigenvalue weighted by Crippen LogP contribution is 2.28. The van der Waals surface area contributed by atoms with E-state index in [0.29, 0.717) is 23.0 Å². The van der Waals surface area contributed by atoms with Crippen LogP contribution >= 0.6 is 11.6 Å². The van der Waals surface area contributed by atoms with E-state index in [4.69, 9.17) is 16.0 Å². The van der Waals surface area contributed by atoms with Crippen molar-refractivity contribution in [2.45, 2.75) is 19.4 Å². The molecule has 1 N–H and O–H groups in total. The summed E-state index contributed by atoms with van der Waals surface area (Å²) in [5, 5.41) is 3.97. The summed E-state index contributed by atoms with van der Waals surface area (Å²) in [5.74, 6) is 1.58. The van der Waals surface area contributed by atoms with Crippen molar-refractivity contribution in [3.05, 3.63) is 29.1 Å². The van der Waals surface area contributed by atoms with Crippen LogP contribution in [0.5, 0.6) is 0 Å². The van der Waals surface area contributed by atoms with E-state index in [-0.39, 0.29) is 0 Å². The van der Waals surface area contributed by atoms with Crippen LogP contribution in [0.1, 0.15) is 18.7 Å². The molecular formula is C12H13ClN2O. The van der Waals surface area contributed by atoms with Gasteiger partial charge < -0.3 is 9.73 Å². The van der Waals surface area contributed by atoms with E-state index in [9.17, 15) is 0 Å². The number of para-hydroxylation sites is 1. The molecule has 2 aromatic rings. The van der Waals surface area contributed by atoms with Gasteiger partial charge in [-0.2, -0.15) is 0 Å². The van der Waals surface area contributed by atoms with Crippen LogP contribution in [0.4, 0.5) is 0 Å². The number of hydrogen-bond donors (Lipinski definition) is 1. The molecular weight excluding hydrogens is 224 g/mol. The topological polar surface area (TPSA) is 38.1 Å². The third-order valence-electron chi connectivity index (χ3n) is 2.82. The minimum atomic E-state index is 0.624. The molecule has 1 aromatic carbocycles. The molecule has 0 atom stereocenters. The smallest absolute Gasteiger partial charge is 0.209 e. The Morgan fingerprint density at radius 1 is 1.44 bits per heavy atom. The maximum atomic E-state index is 6.01. The summed E-state index contributed by atoms with van der Waals surface area (Å²) in [6, 6.07) is 5.61. The molecule has 3 rings (SSSR count). The lowest BCUT2D eigenvalue weighted by molar-refractivity contribution is 0.490. The third kappa shape index (κ3) is 2.06. The predicted octanol–water partition coefficient (Wildman–Crippen LogP) is 2.98. The molecule has 1 saturated carbocycles. The van der Waals surface area contributed by atoms with Crippen molar-refractivity contribution in [3.63, 3.8) is 0 Å². The highest BCUT2D eigenvalue weighted by Gasteiger charge is 2.20. The van der Waals surface area contributed by atoms with E-state index in [0.717, 1.165) is 18.0 Å². The standard InChI is InChI=1S/C12H13ClN2O/c13-9-2-1-3-10-12(9)16-11(15-10)7-14-6-8-4-5-8/h1-3,8,14H,4-7H2. The normalized spacial score (nSPS) is 15.8. The quantitative estimate of drug-likeness (QED) is 0.887. The fourth-order valence-corrected chi connectivity index (χ4v) is 1.95. The summed E-state index contributed by atoms with van der Waals surface area (Å²) in [6.45, 7) is 1.74. The molecule has 0 saturated heterocycles. The zero-order valence-corrected chi connectivity index (χ0v) is 9.63. The Bertz CT molecular complexity index is 505. The number of nitrogens with one attached hydrogen (secondary N) is 1. The molecule has 84 valence electrons. The summed E-state index contributed by atoms with van der Waals surface area (Å²) in [6.07, 6.45) is 2.71. The van der Waals surface area contributed by atoms with Gasteiger partial charge in [0.25, 0.3) is 0 Å². The van der Waals surface area contributed by atoms with Crippen molar-refractivity contribution < 1.29 is 4.42 Å². The Kier molecular flexibility index (Phi) is 2.58. The van der Waals surface area contributed by atoms with Gasteiger partial charge in [0, 0.05) is 0 Å². The van der Waals surface area contributed by atoms with Gasteiger partial charge in [-0.15, -0.1) is 0 Å². The Hall–Kier alpha value is -1.06. The molecule has 0 unspecified atom stereocenters. The fraction of sp³-hybridized carbons (Fsp3) is 0.417. The van der Waals surface area contributed by atoms with Crippen LogP contribution in [0.2, 0.25) is 5.02 Å². The van der Waals surface area contributed by atoms with Gasteiger partial charge in [0.2, 0.25) is 5.89 Å². The number of halogens is 1. The predicted molar refractivity (Wildman–Crippen MR) is 63.4 cm³/mol. The SMILES string of the molecule is Clc1cccc2nc(CNCC3CC3)oc12. The summed E-state index contributed by atoms with van der Waals surface area (Å²) in [5.41, 5.74) is 1.52. The minimum absolute atomic E-state index is 0.624. The van der Waals surface area contributed by atoms with Crippen LogP contribution in [0, 0.1) is 5.92 Å². The highest BCUT2D eigenvalue weighted by atomic mass is 35.5. The largest absolute Gasteiger partial charge is 0.438 e. The molecule has 0 bridgehead atoms. The van der Waals surface area contributed by atoms with E-state index in [2.05, 4.69) is 10.3 Å². The van der Waals surface area contributed by atoms with Crippen LogP contribution < -0.4 is 5.32 Å². The van der Waals surface area contributed by atoms with Crippen molar-refractivity contribution in [2.24, 2.45) is 5.92 Å². The number of benzene rings is 1. The van der Waals surface area contributed by atoms with Gasteiger partial charge >= 0.3 is 0 Å². The third-order valence-corrected chi connectivity index (χ3v) is 3.12. The lowest BCUT2D eigenvalue weighted by atomic mass is 10.3.